The van der Waals surface area contributed by atoms with Gasteiger partial charge in [0.25, 0.3) is 0 Å². The molecule has 0 spiro atoms. The molecule has 2 aromatic rings. The van der Waals surface area contributed by atoms with E-state index in [0.29, 0.717) is 6.04 Å². The summed E-state index contributed by atoms with van der Waals surface area (Å²) in [6, 6.07) is 4.98. The SMILES string of the molecule is Clc1cc(CNC2CC2)cnc1N1CCc2sccc2C1. The molecule has 21 heavy (non-hydrogen) atoms. The third-order valence-electron chi connectivity index (χ3n) is 4.16. The van der Waals surface area contributed by atoms with Gasteiger partial charge >= 0.3 is 0 Å². The van der Waals surface area contributed by atoms with E-state index in [1.807, 2.05) is 17.5 Å². The second kappa shape index (κ2) is 5.59. The van der Waals surface area contributed by atoms with Crippen LogP contribution in [0.5, 0.6) is 0 Å². The summed E-state index contributed by atoms with van der Waals surface area (Å²) in [5.41, 5.74) is 2.59. The number of thiophene rings is 1. The van der Waals surface area contributed by atoms with Gasteiger partial charge in [-0.05, 0) is 47.9 Å². The molecule has 0 aromatic carbocycles. The maximum absolute atomic E-state index is 6.47. The molecule has 1 saturated carbocycles. The minimum absolute atomic E-state index is 0.711. The van der Waals surface area contributed by atoms with Crippen LogP contribution in [0.15, 0.2) is 23.7 Å². The van der Waals surface area contributed by atoms with Gasteiger partial charge in [0, 0.05) is 36.8 Å². The predicted octanol–water partition coefficient (Wildman–Crippen LogP) is 3.61. The number of rotatable bonds is 4. The molecule has 0 saturated heterocycles. The van der Waals surface area contributed by atoms with E-state index in [1.54, 1.807) is 0 Å². The number of fused-ring (bicyclic) bond motifs is 1. The van der Waals surface area contributed by atoms with E-state index in [4.69, 9.17) is 11.6 Å². The lowest BCUT2D eigenvalue weighted by molar-refractivity contribution is 0.684. The molecule has 2 aromatic heterocycles. The first kappa shape index (κ1) is 13.6. The summed E-state index contributed by atoms with van der Waals surface area (Å²) in [6.07, 6.45) is 5.65. The monoisotopic (exact) mass is 319 g/mol. The molecular formula is C16H18ClN3S. The van der Waals surface area contributed by atoms with Crippen LogP contribution < -0.4 is 10.2 Å². The zero-order valence-corrected chi connectivity index (χ0v) is 13.4. The van der Waals surface area contributed by atoms with Crippen LogP contribution in [-0.4, -0.2) is 17.6 Å². The average Bonchev–Trinajstić information content (AvgIpc) is 3.21. The van der Waals surface area contributed by atoms with Crippen LogP contribution in [0.25, 0.3) is 0 Å². The second-order valence-corrected chi connectivity index (χ2v) is 7.25. The molecular weight excluding hydrogens is 302 g/mol. The molecule has 1 aliphatic heterocycles. The minimum Gasteiger partial charge on any atom is -0.351 e. The Hall–Kier alpha value is -1.10. The van der Waals surface area contributed by atoms with Gasteiger partial charge in [-0.25, -0.2) is 4.98 Å². The Morgan fingerprint density at radius 3 is 3.14 bits per heavy atom. The van der Waals surface area contributed by atoms with Crippen molar-refractivity contribution in [2.45, 2.75) is 38.4 Å². The van der Waals surface area contributed by atoms with Gasteiger partial charge in [0.2, 0.25) is 0 Å². The molecule has 0 bridgehead atoms. The summed E-state index contributed by atoms with van der Waals surface area (Å²) in [5, 5.41) is 6.44. The summed E-state index contributed by atoms with van der Waals surface area (Å²) >= 11 is 8.32. The van der Waals surface area contributed by atoms with Gasteiger partial charge < -0.3 is 10.2 Å². The normalized spacial score (nSPS) is 17.9. The van der Waals surface area contributed by atoms with Gasteiger partial charge in [0.1, 0.15) is 5.82 Å². The molecule has 110 valence electrons. The number of hydrogen-bond acceptors (Lipinski definition) is 4. The molecule has 1 N–H and O–H groups in total. The molecule has 1 fully saturated rings. The molecule has 2 aliphatic rings. The Morgan fingerprint density at radius 2 is 2.33 bits per heavy atom. The van der Waals surface area contributed by atoms with Crippen molar-refractivity contribution in [1.29, 1.82) is 0 Å². The van der Waals surface area contributed by atoms with Crippen LogP contribution in [0, 0.1) is 0 Å². The number of nitrogens with one attached hydrogen (secondary N) is 1. The lowest BCUT2D eigenvalue weighted by atomic mass is 10.1. The van der Waals surface area contributed by atoms with Crippen molar-refractivity contribution in [1.82, 2.24) is 10.3 Å². The lowest BCUT2D eigenvalue weighted by Crippen LogP contribution is -2.30. The quantitative estimate of drug-likeness (QED) is 0.933. The summed E-state index contributed by atoms with van der Waals surface area (Å²) in [4.78, 5) is 8.41. The van der Waals surface area contributed by atoms with Gasteiger partial charge in [-0.1, -0.05) is 11.6 Å². The zero-order chi connectivity index (χ0) is 14.2. The van der Waals surface area contributed by atoms with Gasteiger partial charge in [-0.2, -0.15) is 0 Å². The summed E-state index contributed by atoms with van der Waals surface area (Å²) in [6.45, 7) is 2.79. The van der Waals surface area contributed by atoms with E-state index in [1.165, 1.54) is 28.8 Å². The van der Waals surface area contributed by atoms with Crippen LogP contribution >= 0.6 is 22.9 Å². The highest BCUT2D eigenvalue weighted by Crippen LogP contribution is 2.31. The van der Waals surface area contributed by atoms with E-state index in [0.717, 1.165) is 36.9 Å². The minimum atomic E-state index is 0.711. The highest BCUT2D eigenvalue weighted by molar-refractivity contribution is 7.10. The number of nitrogens with zero attached hydrogens (tertiary/aromatic N) is 2. The fourth-order valence-corrected chi connectivity index (χ4v) is 3.98. The van der Waals surface area contributed by atoms with E-state index in [9.17, 15) is 0 Å². The zero-order valence-electron chi connectivity index (χ0n) is 11.8. The Morgan fingerprint density at radius 1 is 1.43 bits per heavy atom. The largest absolute Gasteiger partial charge is 0.351 e. The van der Waals surface area contributed by atoms with Crippen molar-refractivity contribution in [3.8, 4) is 0 Å². The Balaban J connectivity index is 1.49. The molecule has 1 aliphatic carbocycles. The van der Waals surface area contributed by atoms with Gasteiger partial charge in [0.15, 0.2) is 0 Å². The Bertz CT molecular complexity index is 651. The average molecular weight is 320 g/mol. The van der Waals surface area contributed by atoms with Crippen LogP contribution in [0.2, 0.25) is 5.02 Å². The van der Waals surface area contributed by atoms with Crippen LogP contribution in [0.1, 0.15) is 28.8 Å². The van der Waals surface area contributed by atoms with E-state index in [2.05, 4.69) is 32.7 Å². The fraction of sp³-hybridized carbons (Fsp3) is 0.438. The summed E-state index contributed by atoms with van der Waals surface area (Å²) < 4.78 is 0. The number of halogens is 1. The summed E-state index contributed by atoms with van der Waals surface area (Å²) in [7, 11) is 0. The van der Waals surface area contributed by atoms with Crippen LogP contribution in [0.4, 0.5) is 5.82 Å². The van der Waals surface area contributed by atoms with E-state index < -0.39 is 0 Å². The predicted molar refractivity (Wildman–Crippen MR) is 88.2 cm³/mol. The fourth-order valence-electron chi connectivity index (χ4n) is 2.78. The van der Waals surface area contributed by atoms with Gasteiger partial charge in [-0.15, -0.1) is 11.3 Å². The lowest BCUT2D eigenvalue weighted by Gasteiger charge is -2.28. The second-order valence-electron chi connectivity index (χ2n) is 5.84. The van der Waals surface area contributed by atoms with Crippen LogP contribution in [-0.2, 0) is 19.5 Å². The third-order valence-corrected chi connectivity index (χ3v) is 5.46. The standard InChI is InChI=1S/C16H18ClN3S/c17-14-7-11(8-18-13-1-2-13)9-19-16(14)20-5-3-15-12(10-20)4-6-21-15/h4,6-7,9,13,18H,1-3,5,8,10H2. The van der Waals surface area contributed by atoms with Crippen molar-refractivity contribution in [2.75, 3.05) is 11.4 Å². The Kier molecular flexibility index (Phi) is 3.61. The molecule has 0 amide bonds. The van der Waals surface area contributed by atoms with Crippen LogP contribution in [0.3, 0.4) is 0 Å². The maximum Gasteiger partial charge on any atom is 0.147 e. The molecule has 5 heteroatoms. The van der Waals surface area contributed by atoms with Crippen molar-refractivity contribution in [2.24, 2.45) is 0 Å². The first-order chi connectivity index (χ1) is 10.3. The molecule has 0 unspecified atom stereocenters. The van der Waals surface area contributed by atoms with Crippen molar-refractivity contribution in [3.05, 3.63) is 44.7 Å². The first-order valence-corrected chi connectivity index (χ1v) is 8.73. The van der Waals surface area contributed by atoms with Crippen molar-refractivity contribution < 1.29 is 0 Å². The summed E-state index contributed by atoms with van der Waals surface area (Å²) in [5.74, 6) is 0.920. The Labute approximate surface area is 134 Å². The smallest absolute Gasteiger partial charge is 0.147 e. The highest BCUT2D eigenvalue weighted by Gasteiger charge is 2.22. The molecule has 0 atom stereocenters. The van der Waals surface area contributed by atoms with Gasteiger partial charge in [-0.3, -0.25) is 0 Å². The number of aromatic nitrogens is 1. The molecule has 4 rings (SSSR count). The van der Waals surface area contributed by atoms with Crippen molar-refractivity contribution >= 4 is 28.8 Å². The van der Waals surface area contributed by atoms with Crippen molar-refractivity contribution in [3.63, 3.8) is 0 Å². The van der Waals surface area contributed by atoms with E-state index >= 15 is 0 Å². The molecule has 3 nitrogen and oxygen atoms in total. The first-order valence-electron chi connectivity index (χ1n) is 7.47. The maximum atomic E-state index is 6.47. The number of pyridine rings is 1. The topological polar surface area (TPSA) is 28.2 Å². The van der Waals surface area contributed by atoms with Gasteiger partial charge in [0.05, 0.1) is 5.02 Å². The third kappa shape index (κ3) is 2.93. The molecule has 0 radical (unpaired) electrons. The highest BCUT2D eigenvalue weighted by atomic mass is 35.5. The number of hydrogen-bond donors (Lipinski definition) is 1. The van der Waals surface area contributed by atoms with E-state index in [-0.39, 0.29) is 0 Å². The molecule has 3 heterocycles. The number of anilines is 1.